The number of nitrogens with zero attached hydrogens (tertiary/aromatic N) is 1. The molecule has 0 amide bonds. The molecule has 4 unspecified atom stereocenters. The Bertz CT molecular complexity index is 193. The minimum Gasteiger partial charge on any atom is -0.312 e. The number of hydrogen-bond donors (Lipinski definition) is 1. The monoisotopic (exact) mass is 226 g/mol. The van der Waals surface area contributed by atoms with Crippen LogP contribution in [0.15, 0.2) is 0 Å². The summed E-state index contributed by atoms with van der Waals surface area (Å²) in [5.41, 5.74) is 0. The summed E-state index contributed by atoms with van der Waals surface area (Å²) >= 11 is 0. The summed E-state index contributed by atoms with van der Waals surface area (Å²) in [6.45, 7) is 14.1. The largest absolute Gasteiger partial charge is 0.312 e. The van der Waals surface area contributed by atoms with Crippen LogP contribution in [-0.4, -0.2) is 36.1 Å². The Morgan fingerprint density at radius 3 is 2.44 bits per heavy atom. The van der Waals surface area contributed by atoms with Gasteiger partial charge >= 0.3 is 0 Å². The average molecular weight is 226 g/mol. The molecule has 2 heteroatoms. The first-order chi connectivity index (χ1) is 7.60. The topological polar surface area (TPSA) is 15.3 Å². The third kappa shape index (κ3) is 3.46. The van der Waals surface area contributed by atoms with Gasteiger partial charge in [0.05, 0.1) is 0 Å². The fourth-order valence-electron chi connectivity index (χ4n) is 3.12. The lowest BCUT2D eigenvalue weighted by Crippen LogP contribution is -2.49. The molecule has 0 bridgehead atoms. The van der Waals surface area contributed by atoms with Crippen molar-refractivity contribution in [1.29, 1.82) is 0 Å². The van der Waals surface area contributed by atoms with Crippen molar-refractivity contribution in [3.8, 4) is 0 Å². The van der Waals surface area contributed by atoms with Crippen LogP contribution in [-0.2, 0) is 0 Å². The van der Waals surface area contributed by atoms with Crippen molar-refractivity contribution < 1.29 is 0 Å². The maximum Gasteiger partial charge on any atom is 0.0223 e. The maximum atomic E-state index is 3.69. The van der Waals surface area contributed by atoms with E-state index in [1.54, 1.807) is 0 Å². The molecule has 0 aliphatic carbocycles. The van der Waals surface area contributed by atoms with E-state index in [-0.39, 0.29) is 0 Å². The third-order valence-corrected chi connectivity index (χ3v) is 4.03. The standard InChI is InChI=1S/C14H30N2/c1-6-8-15-14(7-2)13(5)16-10-11(3)9-12(16)4/h11-15H,6-10H2,1-5H3. The predicted molar refractivity (Wildman–Crippen MR) is 71.8 cm³/mol. The van der Waals surface area contributed by atoms with Gasteiger partial charge in [0.2, 0.25) is 0 Å². The van der Waals surface area contributed by atoms with Gasteiger partial charge in [0.1, 0.15) is 0 Å². The second-order valence-corrected chi connectivity index (χ2v) is 5.60. The SMILES string of the molecule is CCCNC(CC)C(C)N1CC(C)CC1C. The number of rotatable bonds is 6. The smallest absolute Gasteiger partial charge is 0.0223 e. The highest BCUT2D eigenvalue weighted by molar-refractivity contribution is 4.89. The molecule has 0 radical (unpaired) electrons. The summed E-state index contributed by atoms with van der Waals surface area (Å²) in [7, 11) is 0. The normalized spacial score (nSPS) is 30.6. The van der Waals surface area contributed by atoms with Gasteiger partial charge in [-0.05, 0) is 45.6 Å². The lowest BCUT2D eigenvalue weighted by molar-refractivity contribution is 0.158. The molecular weight excluding hydrogens is 196 g/mol. The molecule has 1 rings (SSSR count). The molecule has 1 heterocycles. The quantitative estimate of drug-likeness (QED) is 0.749. The molecule has 0 aromatic rings. The van der Waals surface area contributed by atoms with Crippen LogP contribution in [0.5, 0.6) is 0 Å². The van der Waals surface area contributed by atoms with Crippen LogP contribution in [0.25, 0.3) is 0 Å². The van der Waals surface area contributed by atoms with Crippen LogP contribution in [0.2, 0.25) is 0 Å². The average Bonchev–Trinajstić information content (AvgIpc) is 2.58. The van der Waals surface area contributed by atoms with Gasteiger partial charge < -0.3 is 5.32 Å². The minimum atomic E-state index is 0.660. The summed E-state index contributed by atoms with van der Waals surface area (Å²) in [5.74, 6) is 0.876. The van der Waals surface area contributed by atoms with Crippen LogP contribution in [0.3, 0.4) is 0 Å². The van der Waals surface area contributed by atoms with Gasteiger partial charge in [-0.2, -0.15) is 0 Å². The molecule has 0 aromatic heterocycles. The van der Waals surface area contributed by atoms with Crippen molar-refractivity contribution >= 4 is 0 Å². The van der Waals surface area contributed by atoms with E-state index in [2.05, 4.69) is 44.8 Å². The molecule has 1 aliphatic rings. The minimum absolute atomic E-state index is 0.660. The van der Waals surface area contributed by atoms with Crippen molar-refractivity contribution in [1.82, 2.24) is 10.2 Å². The molecule has 1 aliphatic heterocycles. The molecular formula is C14H30N2. The fourth-order valence-corrected chi connectivity index (χ4v) is 3.12. The van der Waals surface area contributed by atoms with Gasteiger partial charge in [-0.25, -0.2) is 0 Å². The summed E-state index contributed by atoms with van der Waals surface area (Å²) in [6.07, 6.45) is 3.84. The highest BCUT2D eigenvalue weighted by atomic mass is 15.2. The van der Waals surface area contributed by atoms with Gasteiger partial charge in [0, 0.05) is 24.7 Å². The van der Waals surface area contributed by atoms with E-state index >= 15 is 0 Å². The Labute approximate surface area is 102 Å². The summed E-state index contributed by atoms with van der Waals surface area (Å²) in [5, 5.41) is 3.69. The Kier molecular flexibility index (Phi) is 5.77. The summed E-state index contributed by atoms with van der Waals surface area (Å²) < 4.78 is 0. The highest BCUT2D eigenvalue weighted by Crippen LogP contribution is 2.26. The van der Waals surface area contributed by atoms with Crippen molar-refractivity contribution in [2.45, 2.75) is 72.0 Å². The molecule has 16 heavy (non-hydrogen) atoms. The first-order valence-corrected chi connectivity index (χ1v) is 7.09. The first kappa shape index (κ1) is 14.0. The van der Waals surface area contributed by atoms with Crippen molar-refractivity contribution in [3.63, 3.8) is 0 Å². The van der Waals surface area contributed by atoms with Crippen molar-refractivity contribution in [2.75, 3.05) is 13.1 Å². The molecule has 1 saturated heterocycles. The van der Waals surface area contributed by atoms with Crippen molar-refractivity contribution in [2.24, 2.45) is 5.92 Å². The van der Waals surface area contributed by atoms with Crippen LogP contribution in [0, 0.1) is 5.92 Å². The molecule has 1 fully saturated rings. The second-order valence-electron chi connectivity index (χ2n) is 5.60. The van der Waals surface area contributed by atoms with E-state index in [0.29, 0.717) is 12.1 Å². The summed E-state index contributed by atoms with van der Waals surface area (Å²) in [6, 6.07) is 2.10. The van der Waals surface area contributed by atoms with Gasteiger partial charge in [0.15, 0.2) is 0 Å². The molecule has 96 valence electrons. The molecule has 1 N–H and O–H groups in total. The van der Waals surface area contributed by atoms with E-state index in [1.807, 2.05) is 0 Å². The molecule has 0 saturated carbocycles. The molecule has 0 spiro atoms. The Hall–Kier alpha value is -0.0800. The van der Waals surface area contributed by atoms with E-state index < -0.39 is 0 Å². The van der Waals surface area contributed by atoms with Crippen LogP contribution in [0.1, 0.15) is 53.9 Å². The zero-order valence-corrected chi connectivity index (χ0v) is 11.8. The lowest BCUT2D eigenvalue weighted by Gasteiger charge is -2.35. The second kappa shape index (κ2) is 6.61. The third-order valence-electron chi connectivity index (χ3n) is 4.03. The van der Waals surface area contributed by atoms with Gasteiger partial charge in [0.25, 0.3) is 0 Å². The van der Waals surface area contributed by atoms with E-state index in [1.165, 1.54) is 25.8 Å². The lowest BCUT2D eigenvalue weighted by atomic mass is 10.0. The fraction of sp³-hybridized carbons (Fsp3) is 1.00. The van der Waals surface area contributed by atoms with Crippen LogP contribution in [0.4, 0.5) is 0 Å². The number of hydrogen-bond acceptors (Lipinski definition) is 2. The number of likely N-dealkylation sites (tertiary alicyclic amines) is 1. The van der Waals surface area contributed by atoms with E-state index in [0.717, 1.165) is 18.5 Å². The van der Waals surface area contributed by atoms with Crippen molar-refractivity contribution in [3.05, 3.63) is 0 Å². The molecule has 2 nitrogen and oxygen atoms in total. The van der Waals surface area contributed by atoms with Gasteiger partial charge in [-0.3, -0.25) is 4.90 Å². The molecule has 0 aromatic carbocycles. The van der Waals surface area contributed by atoms with Crippen LogP contribution < -0.4 is 5.32 Å². The van der Waals surface area contributed by atoms with Crippen LogP contribution >= 0.6 is 0 Å². The van der Waals surface area contributed by atoms with Gasteiger partial charge in [-0.15, -0.1) is 0 Å². The zero-order valence-electron chi connectivity index (χ0n) is 11.8. The van der Waals surface area contributed by atoms with E-state index in [9.17, 15) is 0 Å². The maximum absolute atomic E-state index is 3.69. The summed E-state index contributed by atoms with van der Waals surface area (Å²) in [4.78, 5) is 2.70. The zero-order chi connectivity index (χ0) is 12.1. The Morgan fingerprint density at radius 1 is 1.31 bits per heavy atom. The predicted octanol–water partition coefficient (Wildman–Crippen LogP) is 2.88. The Morgan fingerprint density at radius 2 is 2.00 bits per heavy atom. The van der Waals surface area contributed by atoms with E-state index in [4.69, 9.17) is 0 Å². The Balaban J connectivity index is 2.50. The first-order valence-electron chi connectivity index (χ1n) is 7.09. The van der Waals surface area contributed by atoms with Gasteiger partial charge in [-0.1, -0.05) is 20.8 Å². The molecule has 4 atom stereocenters. The number of nitrogens with one attached hydrogen (secondary N) is 1. The highest BCUT2D eigenvalue weighted by Gasteiger charge is 2.32.